The standard InChI is InChI=1S/C20H24N4O2/c1-14-12-24(17-7-3-2-4-8-17)22-18(14)21-19(25)16-6-5-11-23(13-16)20(26)15-9-10-15/h2-4,7-8,12,15-16H,5-6,9-11,13H2,1H3,(H,21,22,25)/t16-/m0/s1. The molecule has 0 unspecified atom stereocenters. The molecule has 26 heavy (non-hydrogen) atoms. The summed E-state index contributed by atoms with van der Waals surface area (Å²) >= 11 is 0. The molecular weight excluding hydrogens is 328 g/mol. The van der Waals surface area contributed by atoms with Crippen LogP contribution in [0.25, 0.3) is 5.69 Å². The average molecular weight is 352 g/mol. The van der Waals surface area contributed by atoms with Gasteiger partial charge in [0.15, 0.2) is 5.82 Å². The third-order valence-corrected chi connectivity index (χ3v) is 5.19. The molecule has 1 N–H and O–H groups in total. The van der Waals surface area contributed by atoms with Gasteiger partial charge in [-0.3, -0.25) is 9.59 Å². The summed E-state index contributed by atoms with van der Waals surface area (Å²) in [4.78, 5) is 26.9. The number of hydrogen-bond acceptors (Lipinski definition) is 3. The molecule has 6 heteroatoms. The normalized spacial score (nSPS) is 20.0. The van der Waals surface area contributed by atoms with Gasteiger partial charge >= 0.3 is 0 Å². The molecule has 2 aliphatic rings. The Balaban J connectivity index is 1.43. The fraction of sp³-hybridized carbons (Fsp3) is 0.450. The fourth-order valence-corrected chi connectivity index (χ4v) is 3.50. The molecule has 0 spiro atoms. The lowest BCUT2D eigenvalue weighted by molar-refractivity contribution is -0.135. The molecular formula is C20H24N4O2. The van der Waals surface area contributed by atoms with Crippen LogP contribution in [0.2, 0.25) is 0 Å². The number of anilines is 1. The van der Waals surface area contributed by atoms with E-state index >= 15 is 0 Å². The summed E-state index contributed by atoms with van der Waals surface area (Å²) in [6.07, 6.45) is 5.62. The summed E-state index contributed by atoms with van der Waals surface area (Å²) in [5.41, 5.74) is 1.87. The maximum atomic E-state index is 12.7. The van der Waals surface area contributed by atoms with Gasteiger partial charge in [0.25, 0.3) is 0 Å². The minimum Gasteiger partial charge on any atom is -0.342 e. The molecule has 1 aliphatic carbocycles. The minimum atomic E-state index is -0.160. The number of rotatable bonds is 4. The summed E-state index contributed by atoms with van der Waals surface area (Å²) in [6, 6.07) is 9.82. The Bertz CT molecular complexity index is 810. The molecule has 136 valence electrons. The number of carbonyl (C=O) groups excluding carboxylic acids is 2. The van der Waals surface area contributed by atoms with Crippen LogP contribution in [0.4, 0.5) is 5.82 Å². The molecule has 6 nitrogen and oxygen atoms in total. The molecule has 2 amide bonds. The Morgan fingerprint density at radius 3 is 2.62 bits per heavy atom. The van der Waals surface area contributed by atoms with Crippen LogP contribution in [0.1, 0.15) is 31.2 Å². The molecule has 0 bridgehead atoms. The van der Waals surface area contributed by atoms with E-state index in [2.05, 4.69) is 10.4 Å². The SMILES string of the molecule is Cc1cn(-c2ccccc2)nc1NC(=O)[C@H]1CCCN(C(=O)C2CC2)C1. The highest BCUT2D eigenvalue weighted by molar-refractivity contribution is 5.93. The van der Waals surface area contributed by atoms with E-state index in [4.69, 9.17) is 0 Å². The van der Waals surface area contributed by atoms with Crippen molar-refractivity contribution in [1.29, 1.82) is 0 Å². The molecule has 1 saturated carbocycles. The predicted molar refractivity (Wildman–Crippen MR) is 99.0 cm³/mol. The van der Waals surface area contributed by atoms with Crippen LogP contribution in [-0.4, -0.2) is 39.6 Å². The Morgan fingerprint density at radius 2 is 1.88 bits per heavy atom. The van der Waals surface area contributed by atoms with E-state index in [1.54, 1.807) is 4.68 Å². The van der Waals surface area contributed by atoms with Gasteiger partial charge in [0.1, 0.15) is 0 Å². The number of amides is 2. The highest BCUT2D eigenvalue weighted by Gasteiger charge is 2.36. The van der Waals surface area contributed by atoms with Crippen molar-refractivity contribution in [3.63, 3.8) is 0 Å². The second kappa shape index (κ2) is 6.94. The molecule has 1 aromatic heterocycles. The van der Waals surface area contributed by atoms with Crippen molar-refractivity contribution < 1.29 is 9.59 Å². The van der Waals surface area contributed by atoms with Crippen LogP contribution in [0, 0.1) is 18.8 Å². The zero-order valence-corrected chi connectivity index (χ0v) is 15.0. The zero-order valence-electron chi connectivity index (χ0n) is 15.0. The first-order valence-electron chi connectivity index (χ1n) is 9.33. The van der Waals surface area contributed by atoms with Crippen molar-refractivity contribution in [3.05, 3.63) is 42.1 Å². The van der Waals surface area contributed by atoms with Gasteiger partial charge in [0, 0.05) is 30.8 Å². The first-order valence-corrected chi connectivity index (χ1v) is 9.33. The Kier molecular flexibility index (Phi) is 4.49. The molecule has 2 fully saturated rings. The minimum absolute atomic E-state index is 0.0419. The third-order valence-electron chi connectivity index (χ3n) is 5.19. The molecule has 4 rings (SSSR count). The second-order valence-electron chi connectivity index (χ2n) is 7.33. The number of carbonyl (C=O) groups is 2. The van der Waals surface area contributed by atoms with Gasteiger partial charge in [-0.25, -0.2) is 4.68 Å². The number of nitrogens with one attached hydrogen (secondary N) is 1. The number of aromatic nitrogens is 2. The van der Waals surface area contributed by atoms with Crippen LogP contribution in [0.5, 0.6) is 0 Å². The van der Waals surface area contributed by atoms with Gasteiger partial charge in [-0.2, -0.15) is 0 Å². The largest absolute Gasteiger partial charge is 0.342 e. The summed E-state index contributed by atoms with van der Waals surface area (Å²) in [7, 11) is 0. The number of piperidine rings is 1. The Morgan fingerprint density at radius 1 is 1.12 bits per heavy atom. The number of nitrogens with zero attached hydrogens (tertiary/aromatic N) is 3. The molecule has 2 heterocycles. The van der Waals surface area contributed by atoms with Gasteiger partial charge < -0.3 is 10.2 Å². The van der Waals surface area contributed by atoms with E-state index in [1.807, 2.05) is 48.4 Å². The topological polar surface area (TPSA) is 67.2 Å². The molecule has 2 aromatic rings. The number of benzene rings is 1. The fourth-order valence-electron chi connectivity index (χ4n) is 3.50. The summed E-state index contributed by atoms with van der Waals surface area (Å²) < 4.78 is 1.77. The van der Waals surface area contributed by atoms with Crippen molar-refractivity contribution in [2.75, 3.05) is 18.4 Å². The van der Waals surface area contributed by atoms with Gasteiger partial charge in [-0.15, -0.1) is 5.10 Å². The molecule has 1 atom stereocenters. The van der Waals surface area contributed by atoms with Crippen LogP contribution in [-0.2, 0) is 9.59 Å². The summed E-state index contributed by atoms with van der Waals surface area (Å²) in [6.45, 7) is 3.24. The summed E-state index contributed by atoms with van der Waals surface area (Å²) in [5, 5.41) is 7.48. The van der Waals surface area contributed by atoms with E-state index in [0.717, 1.165) is 43.5 Å². The smallest absolute Gasteiger partial charge is 0.230 e. The maximum absolute atomic E-state index is 12.7. The molecule has 1 aliphatic heterocycles. The average Bonchev–Trinajstić information content (AvgIpc) is 3.46. The lowest BCUT2D eigenvalue weighted by atomic mass is 9.96. The first-order chi connectivity index (χ1) is 12.6. The monoisotopic (exact) mass is 352 g/mol. The number of hydrogen-bond donors (Lipinski definition) is 1. The van der Waals surface area contributed by atoms with Crippen molar-refractivity contribution in [2.24, 2.45) is 11.8 Å². The second-order valence-corrected chi connectivity index (χ2v) is 7.33. The highest BCUT2D eigenvalue weighted by Crippen LogP contribution is 2.32. The van der Waals surface area contributed by atoms with Crippen molar-refractivity contribution in [3.8, 4) is 5.69 Å². The predicted octanol–water partition coefficient (Wildman–Crippen LogP) is 2.77. The van der Waals surface area contributed by atoms with E-state index in [9.17, 15) is 9.59 Å². The van der Waals surface area contributed by atoms with Crippen molar-refractivity contribution in [1.82, 2.24) is 14.7 Å². The van der Waals surface area contributed by atoms with Crippen LogP contribution >= 0.6 is 0 Å². The van der Waals surface area contributed by atoms with Crippen molar-refractivity contribution >= 4 is 17.6 Å². The molecule has 1 aromatic carbocycles. The van der Waals surface area contributed by atoms with Crippen molar-refractivity contribution in [2.45, 2.75) is 32.6 Å². The van der Waals surface area contributed by atoms with Crippen LogP contribution in [0.3, 0.4) is 0 Å². The number of aryl methyl sites for hydroxylation is 1. The number of para-hydroxylation sites is 1. The van der Waals surface area contributed by atoms with Gasteiger partial charge in [-0.05, 0) is 44.7 Å². The third kappa shape index (κ3) is 3.49. The lowest BCUT2D eigenvalue weighted by Gasteiger charge is -2.32. The summed E-state index contributed by atoms with van der Waals surface area (Å²) in [5.74, 6) is 0.824. The quantitative estimate of drug-likeness (QED) is 0.920. The van der Waals surface area contributed by atoms with Crippen LogP contribution < -0.4 is 5.32 Å². The van der Waals surface area contributed by atoms with E-state index in [1.165, 1.54) is 0 Å². The Hall–Kier alpha value is -2.63. The maximum Gasteiger partial charge on any atom is 0.230 e. The van der Waals surface area contributed by atoms with Gasteiger partial charge in [0.2, 0.25) is 11.8 Å². The van der Waals surface area contributed by atoms with E-state index in [-0.39, 0.29) is 23.7 Å². The van der Waals surface area contributed by atoms with E-state index < -0.39 is 0 Å². The highest BCUT2D eigenvalue weighted by atomic mass is 16.2. The molecule has 0 radical (unpaired) electrons. The Labute approximate surface area is 153 Å². The first kappa shape index (κ1) is 16.8. The lowest BCUT2D eigenvalue weighted by Crippen LogP contribution is -2.44. The van der Waals surface area contributed by atoms with Gasteiger partial charge in [0.05, 0.1) is 11.6 Å². The van der Waals surface area contributed by atoms with Gasteiger partial charge in [-0.1, -0.05) is 18.2 Å². The van der Waals surface area contributed by atoms with E-state index in [0.29, 0.717) is 12.4 Å². The zero-order chi connectivity index (χ0) is 18.1. The van der Waals surface area contributed by atoms with Crippen LogP contribution in [0.15, 0.2) is 36.5 Å². The number of likely N-dealkylation sites (tertiary alicyclic amines) is 1. The molecule has 1 saturated heterocycles.